The van der Waals surface area contributed by atoms with Gasteiger partial charge in [0.05, 0.1) is 6.54 Å². The van der Waals surface area contributed by atoms with Crippen LogP contribution in [0.5, 0.6) is 0 Å². The Hall–Kier alpha value is -1.20. The number of aromatic nitrogens is 2. The van der Waals surface area contributed by atoms with Crippen LogP contribution in [0.4, 0.5) is 8.78 Å². The molecule has 0 radical (unpaired) electrons. The summed E-state index contributed by atoms with van der Waals surface area (Å²) in [6.07, 6.45) is -2.54. The molecule has 1 aromatic heterocycles. The number of hydrogen-bond donors (Lipinski definition) is 1. The van der Waals surface area contributed by atoms with Gasteiger partial charge in [-0.1, -0.05) is 36.0 Å². The molecule has 0 unspecified atom stereocenters. The van der Waals surface area contributed by atoms with Crippen LogP contribution in [0.15, 0.2) is 30.3 Å². The van der Waals surface area contributed by atoms with Gasteiger partial charge in [-0.15, -0.1) is 0 Å². The Balaban J connectivity index is 2.27. The Kier molecular flexibility index (Phi) is 3.59. The number of aromatic amines is 1. The molecule has 0 fully saturated rings. The lowest BCUT2D eigenvalue weighted by molar-refractivity contribution is 0.145. The highest BCUT2D eigenvalue weighted by Gasteiger charge is 2.10. The van der Waals surface area contributed by atoms with Crippen molar-refractivity contribution in [3.05, 3.63) is 51.3 Å². The molecule has 2 aromatic rings. The van der Waals surface area contributed by atoms with E-state index in [2.05, 4.69) is 5.10 Å². The zero-order valence-corrected chi connectivity index (χ0v) is 10.2. The summed E-state index contributed by atoms with van der Waals surface area (Å²) in [5, 5.41) is 3.17. The van der Waals surface area contributed by atoms with Crippen LogP contribution < -0.4 is 0 Å². The fourth-order valence-corrected chi connectivity index (χ4v) is 1.95. The lowest BCUT2D eigenvalue weighted by Crippen LogP contribution is -2.02. The van der Waals surface area contributed by atoms with Gasteiger partial charge in [0.15, 0.2) is 0 Å². The monoisotopic (exact) mass is 274 g/mol. The lowest BCUT2D eigenvalue weighted by Gasteiger charge is -2.04. The summed E-state index contributed by atoms with van der Waals surface area (Å²) in [5.41, 5.74) is 0.730. The number of halogens is 3. The normalized spacial score (nSPS) is 11.1. The van der Waals surface area contributed by atoms with E-state index in [0.717, 1.165) is 5.56 Å². The van der Waals surface area contributed by atoms with E-state index < -0.39 is 6.43 Å². The van der Waals surface area contributed by atoms with Gasteiger partial charge in [0, 0.05) is 11.1 Å². The largest absolute Gasteiger partial charge is 0.296 e. The summed E-state index contributed by atoms with van der Waals surface area (Å²) in [6.45, 7) is 0.395. The van der Waals surface area contributed by atoms with Gasteiger partial charge in [-0.05, 0) is 17.7 Å². The van der Waals surface area contributed by atoms with Gasteiger partial charge in [0.25, 0.3) is 6.43 Å². The average Bonchev–Trinajstić information content (AvgIpc) is 2.61. The summed E-state index contributed by atoms with van der Waals surface area (Å²) >= 11 is 10.8. The van der Waals surface area contributed by atoms with E-state index >= 15 is 0 Å². The summed E-state index contributed by atoms with van der Waals surface area (Å²) in [6, 6.07) is 8.45. The van der Waals surface area contributed by atoms with Gasteiger partial charge in [-0.25, -0.2) is 8.78 Å². The highest BCUT2D eigenvalue weighted by Crippen LogP contribution is 2.18. The van der Waals surface area contributed by atoms with E-state index in [1.165, 1.54) is 10.7 Å². The second kappa shape index (κ2) is 4.98. The van der Waals surface area contributed by atoms with E-state index in [0.29, 0.717) is 16.2 Å². The van der Waals surface area contributed by atoms with Crippen LogP contribution in [0.25, 0.3) is 0 Å². The Labute approximate surface area is 107 Å². The highest BCUT2D eigenvalue weighted by molar-refractivity contribution is 7.71. The first-order valence-electron chi connectivity index (χ1n) is 4.88. The summed E-state index contributed by atoms with van der Waals surface area (Å²) in [5.74, 6) is 0. The molecule has 0 aliphatic carbocycles. The minimum absolute atomic E-state index is 0.169. The van der Waals surface area contributed by atoms with Crippen LogP contribution in [0.3, 0.4) is 0 Å². The zero-order chi connectivity index (χ0) is 12.4. The van der Waals surface area contributed by atoms with Crippen LogP contribution in [-0.2, 0) is 6.54 Å². The topological polar surface area (TPSA) is 20.7 Å². The van der Waals surface area contributed by atoms with E-state index in [1.54, 1.807) is 18.2 Å². The molecule has 2 nitrogen and oxygen atoms in total. The molecular weight excluding hydrogens is 266 g/mol. The van der Waals surface area contributed by atoms with Gasteiger partial charge in [-0.2, -0.15) is 0 Å². The van der Waals surface area contributed by atoms with Crippen molar-refractivity contribution in [2.24, 2.45) is 0 Å². The maximum absolute atomic E-state index is 12.5. The van der Waals surface area contributed by atoms with E-state index in [-0.39, 0.29) is 5.69 Å². The number of alkyl halides is 2. The number of hydrogen-bond acceptors (Lipinski definition) is 1. The molecule has 0 saturated carbocycles. The molecule has 1 heterocycles. The minimum Gasteiger partial charge on any atom is -0.296 e. The summed E-state index contributed by atoms with van der Waals surface area (Å²) in [4.78, 5) is 0. The Morgan fingerprint density at radius 2 is 2.12 bits per heavy atom. The van der Waals surface area contributed by atoms with Crippen molar-refractivity contribution in [3.63, 3.8) is 0 Å². The molecule has 17 heavy (non-hydrogen) atoms. The molecular formula is C11H9ClF2N2S. The fourth-order valence-electron chi connectivity index (χ4n) is 1.50. The average molecular weight is 275 g/mol. The van der Waals surface area contributed by atoms with Gasteiger partial charge >= 0.3 is 0 Å². The van der Waals surface area contributed by atoms with Crippen molar-refractivity contribution in [1.29, 1.82) is 0 Å². The fraction of sp³-hybridized carbons (Fsp3) is 0.182. The predicted molar refractivity (Wildman–Crippen MR) is 65.1 cm³/mol. The zero-order valence-electron chi connectivity index (χ0n) is 8.66. The highest BCUT2D eigenvalue weighted by atomic mass is 35.5. The molecule has 1 aromatic carbocycles. The Morgan fingerprint density at radius 1 is 1.35 bits per heavy atom. The molecule has 0 atom stereocenters. The Morgan fingerprint density at radius 3 is 2.71 bits per heavy atom. The first kappa shape index (κ1) is 12.3. The van der Waals surface area contributed by atoms with Crippen molar-refractivity contribution in [2.45, 2.75) is 13.0 Å². The molecule has 0 saturated heterocycles. The number of H-pyrrole nitrogens is 1. The molecule has 0 amide bonds. The van der Waals surface area contributed by atoms with E-state index in [4.69, 9.17) is 23.8 Å². The van der Waals surface area contributed by atoms with Gasteiger partial charge in [-0.3, -0.25) is 9.78 Å². The number of benzene rings is 1. The van der Waals surface area contributed by atoms with Gasteiger partial charge in [0.1, 0.15) is 10.3 Å². The molecule has 6 heteroatoms. The predicted octanol–water partition coefficient (Wildman–Crippen LogP) is 4.18. The van der Waals surface area contributed by atoms with Crippen molar-refractivity contribution in [2.75, 3.05) is 0 Å². The third-order valence-corrected chi connectivity index (χ3v) is 2.85. The second-order valence-corrected chi connectivity index (χ2v) is 4.42. The van der Waals surface area contributed by atoms with Crippen molar-refractivity contribution in [1.82, 2.24) is 9.78 Å². The molecule has 90 valence electrons. The van der Waals surface area contributed by atoms with E-state index in [9.17, 15) is 8.78 Å². The molecule has 0 bridgehead atoms. The summed E-state index contributed by atoms with van der Waals surface area (Å²) in [7, 11) is 0. The van der Waals surface area contributed by atoms with Crippen LogP contribution in [-0.4, -0.2) is 9.78 Å². The number of nitrogens with one attached hydrogen (secondary N) is 1. The quantitative estimate of drug-likeness (QED) is 0.833. The summed E-state index contributed by atoms with van der Waals surface area (Å²) < 4.78 is 26.7. The van der Waals surface area contributed by atoms with Crippen molar-refractivity contribution in [3.8, 4) is 0 Å². The minimum atomic E-state index is -2.54. The first-order chi connectivity index (χ1) is 8.06. The van der Waals surface area contributed by atoms with Crippen molar-refractivity contribution >= 4 is 23.8 Å². The smallest absolute Gasteiger partial charge is 0.279 e. The molecule has 0 aliphatic heterocycles. The number of rotatable bonds is 3. The molecule has 2 rings (SSSR count). The van der Waals surface area contributed by atoms with Crippen LogP contribution >= 0.6 is 23.8 Å². The van der Waals surface area contributed by atoms with Crippen molar-refractivity contribution < 1.29 is 8.78 Å². The number of nitrogens with zero attached hydrogens (tertiary/aromatic N) is 1. The second-order valence-electron chi connectivity index (χ2n) is 3.57. The van der Waals surface area contributed by atoms with Crippen LogP contribution in [0.1, 0.15) is 17.7 Å². The SMILES string of the molecule is FC(F)c1cc(=S)n(Cc2cccc(Cl)c2)[nH]1. The maximum atomic E-state index is 12.5. The molecule has 0 spiro atoms. The standard InChI is InChI=1S/C11H9ClF2N2S/c12-8-3-1-2-7(4-8)6-16-10(17)5-9(15-16)11(13)14/h1-5,11,15H,6H2. The molecule has 0 aliphatic rings. The Bertz CT molecular complexity index is 577. The van der Waals surface area contributed by atoms with Gasteiger partial charge in [0.2, 0.25) is 0 Å². The third-order valence-electron chi connectivity index (χ3n) is 2.27. The third kappa shape index (κ3) is 2.92. The van der Waals surface area contributed by atoms with E-state index in [1.807, 2.05) is 6.07 Å². The first-order valence-corrected chi connectivity index (χ1v) is 5.67. The van der Waals surface area contributed by atoms with Crippen LogP contribution in [0, 0.1) is 4.64 Å². The maximum Gasteiger partial charge on any atom is 0.279 e. The van der Waals surface area contributed by atoms with Crippen LogP contribution in [0.2, 0.25) is 5.02 Å². The van der Waals surface area contributed by atoms with Gasteiger partial charge < -0.3 is 0 Å². The lowest BCUT2D eigenvalue weighted by atomic mass is 10.2. The molecule has 1 N–H and O–H groups in total.